The summed E-state index contributed by atoms with van der Waals surface area (Å²) in [7, 11) is 0. The van der Waals surface area contributed by atoms with E-state index in [2.05, 4.69) is 5.32 Å². The van der Waals surface area contributed by atoms with E-state index >= 15 is 0 Å². The molecule has 0 fully saturated rings. The van der Waals surface area contributed by atoms with Crippen molar-refractivity contribution in [3.63, 3.8) is 0 Å². The Labute approximate surface area is 207 Å². The Morgan fingerprint density at radius 3 is 2.11 bits per heavy atom. The van der Waals surface area contributed by atoms with E-state index < -0.39 is 0 Å². The Bertz CT molecular complexity index is 1370. The van der Waals surface area contributed by atoms with Crippen LogP contribution in [0.25, 0.3) is 11.3 Å². The molecule has 1 N–H and O–H groups in total. The molecule has 2 heterocycles. The van der Waals surface area contributed by atoms with Crippen LogP contribution >= 0.6 is 0 Å². The van der Waals surface area contributed by atoms with Gasteiger partial charge in [0.1, 0.15) is 34.8 Å². The molecule has 8 heteroatoms. The molecule has 0 saturated heterocycles. The maximum Gasteiger partial charge on any atom is 0.226 e. The molecule has 5 rings (SSSR count). The first kappa shape index (κ1) is 23.7. The van der Waals surface area contributed by atoms with Crippen LogP contribution in [0.15, 0.2) is 72.8 Å². The van der Waals surface area contributed by atoms with E-state index in [9.17, 15) is 18.0 Å². The number of fused-ring (bicyclic) bond motifs is 1. The molecule has 1 unspecified atom stereocenters. The number of nitrogens with zero attached hydrogens (tertiary/aromatic N) is 3. The van der Waals surface area contributed by atoms with Crippen molar-refractivity contribution in [2.24, 2.45) is 5.92 Å². The maximum absolute atomic E-state index is 13.6. The van der Waals surface area contributed by atoms with Gasteiger partial charge in [0.15, 0.2) is 0 Å². The van der Waals surface area contributed by atoms with Crippen molar-refractivity contribution in [3.8, 4) is 11.3 Å². The maximum atomic E-state index is 13.6. The number of imidazole rings is 1. The van der Waals surface area contributed by atoms with E-state index in [-0.39, 0.29) is 29.3 Å². The minimum atomic E-state index is -0.345. The Balaban J connectivity index is 1.41. The molecule has 3 aromatic carbocycles. The molecule has 5 nitrogen and oxygen atoms in total. The topological polar surface area (TPSA) is 50.2 Å². The molecular weight excluding hydrogens is 465 g/mol. The van der Waals surface area contributed by atoms with Crippen LogP contribution in [-0.4, -0.2) is 26.9 Å². The number of aromatic nitrogens is 2. The van der Waals surface area contributed by atoms with Gasteiger partial charge in [-0.1, -0.05) is 19.1 Å². The van der Waals surface area contributed by atoms with Crippen molar-refractivity contribution < 1.29 is 18.0 Å². The molecule has 1 aliphatic rings. The monoisotopic (exact) mass is 490 g/mol. The van der Waals surface area contributed by atoms with Gasteiger partial charge in [-0.25, -0.2) is 18.2 Å². The van der Waals surface area contributed by atoms with Crippen molar-refractivity contribution in [1.82, 2.24) is 14.5 Å². The van der Waals surface area contributed by atoms with Gasteiger partial charge in [0, 0.05) is 30.3 Å². The van der Waals surface area contributed by atoms with Gasteiger partial charge < -0.3 is 14.8 Å². The smallest absolute Gasteiger partial charge is 0.226 e. The summed E-state index contributed by atoms with van der Waals surface area (Å²) < 4.78 is 42.2. The largest absolute Gasteiger partial charge is 0.340 e. The van der Waals surface area contributed by atoms with Crippen LogP contribution in [0.4, 0.5) is 24.7 Å². The summed E-state index contributed by atoms with van der Waals surface area (Å²) in [6, 6.07) is 18.3. The molecule has 0 bridgehead atoms. The van der Waals surface area contributed by atoms with E-state index in [1.54, 1.807) is 41.3 Å². The minimum absolute atomic E-state index is 0.00458. The van der Waals surface area contributed by atoms with Gasteiger partial charge in [-0.15, -0.1) is 0 Å². The molecule has 1 amide bonds. The van der Waals surface area contributed by atoms with Gasteiger partial charge in [-0.3, -0.25) is 4.79 Å². The number of benzene rings is 3. The molecular formula is C28H25F3N4O. The summed E-state index contributed by atoms with van der Waals surface area (Å²) in [6.45, 7) is 3.21. The highest BCUT2D eigenvalue weighted by Crippen LogP contribution is 2.33. The third kappa shape index (κ3) is 4.98. The van der Waals surface area contributed by atoms with Crippen LogP contribution in [0.3, 0.4) is 0 Å². The molecule has 184 valence electrons. The third-order valence-corrected chi connectivity index (χ3v) is 6.39. The second-order valence-corrected chi connectivity index (χ2v) is 9.01. The molecule has 1 aliphatic heterocycles. The highest BCUT2D eigenvalue weighted by Gasteiger charge is 2.29. The fourth-order valence-corrected chi connectivity index (χ4v) is 4.50. The normalized spacial score (nSPS) is 13.8. The van der Waals surface area contributed by atoms with E-state index in [4.69, 9.17) is 4.98 Å². The summed E-state index contributed by atoms with van der Waals surface area (Å²) in [5.74, 6) is 0.154. The molecule has 1 atom stereocenters. The predicted molar refractivity (Wildman–Crippen MR) is 132 cm³/mol. The van der Waals surface area contributed by atoms with Gasteiger partial charge >= 0.3 is 0 Å². The zero-order valence-electron chi connectivity index (χ0n) is 19.7. The SMILES string of the molecule is CC(Cc1ccc(F)cc1)C(=O)N1CCn2c(nc(-c3ccc(F)cc3)c2Nc2ccc(F)cc2)C1. The quantitative estimate of drug-likeness (QED) is 0.364. The molecule has 1 aromatic heterocycles. The lowest BCUT2D eigenvalue weighted by molar-refractivity contribution is -0.136. The van der Waals surface area contributed by atoms with Gasteiger partial charge in [0.25, 0.3) is 0 Å². The van der Waals surface area contributed by atoms with Gasteiger partial charge in [0.05, 0.1) is 6.54 Å². The van der Waals surface area contributed by atoms with E-state index in [1.165, 1.54) is 36.4 Å². The van der Waals surface area contributed by atoms with E-state index in [1.807, 2.05) is 11.5 Å². The van der Waals surface area contributed by atoms with Crippen molar-refractivity contribution in [2.45, 2.75) is 26.4 Å². The summed E-state index contributed by atoms with van der Waals surface area (Å²) in [6.07, 6.45) is 0.516. The van der Waals surface area contributed by atoms with E-state index in [0.29, 0.717) is 49.1 Å². The fraction of sp³-hybridized carbons (Fsp3) is 0.214. The number of hydrogen-bond donors (Lipinski definition) is 1. The van der Waals surface area contributed by atoms with Crippen molar-refractivity contribution >= 4 is 17.4 Å². The number of nitrogens with one attached hydrogen (secondary N) is 1. The number of amides is 1. The zero-order valence-corrected chi connectivity index (χ0v) is 19.7. The Kier molecular flexibility index (Phi) is 6.50. The number of carbonyl (C=O) groups excluding carboxylic acids is 1. The number of carbonyl (C=O) groups is 1. The second-order valence-electron chi connectivity index (χ2n) is 9.01. The van der Waals surface area contributed by atoms with Gasteiger partial charge in [-0.05, 0) is 72.6 Å². The highest BCUT2D eigenvalue weighted by atomic mass is 19.1. The Morgan fingerprint density at radius 1 is 0.889 bits per heavy atom. The van der Waals surface area contributed by atoms with Crippen LogP contribution in [0, 0.1) is 23.4 Å². The highest BCUT2D eigenvalue weighted by molar-refractivity contribution is 5.80. The summed E-state index contributed by atoms with van der Waals surface area (Å²) >= 11 is 0. The Hall–Kier alpha value is -4.07. The van der Waals surface area contributed by atoms with Crippen LogP contribution in [-0.2, 0) is 24.3 Å². The lowest BCUT2D eigenvalue weighted by Gasteiger charge is -2.30. The molecule has 0 radical (unpaired) electrons. The average molecular weight is 491 g/mol. The number of anilines is 2. The third-order valence-electron chi connectivity index (χ3n) is 6.39. The number of hydrogen-bond acceptors (Lipinski definition) is 3. The minimum Gasteiger partial charge on any atom is -0.340 e. The van der Waals surface area contributed by atoms with Crippen LogP contribution in [0.2, 0.25) is 0 Å². The lowest BCUT2D eigenvalue weighted by Crippen LogP contribution is -2.41. The van der Waals surface area contributed by atoms with Gasteiger partial charge in [-0.2, -0.15) is 0 Å². The zero-order chi connectivity index (χ0) is 25.2. The first-order valence-corrected chi connectivity index (χ1v) is 11.8. The van der Waals surface area contributed by atoms with Crippen LogP contribution in [0.1, 0.15) is 18.3 Å². The predicted octanol–water partition coefficient (Wildman–Crippen LogP) is 5.93. The standard InChI is InChI=1S/C28H25F3N4O/c1-18(16-19-2-6-21(29)7-3-19)28(36)34-14-15-35-25(17-34)33-26(20-4-8-22(30)9-5-20)27(35)32-24-12-10-23(31)11-13-24/h2-13,18,32H,14-17H2,1H3. The van der Waals surface area contributed by atoms with Crippen LogP contribution < -0.4 is 5.32 Å². The molecule has 0 spiro atoms. The van der Waals surface area contributed by atoms with Crippen LogP contribution in [0.5, 0.6) is 0 Å². The summed E-state index contributed by atoms with van der Waals surface area (Å²) in [5.41, 5.74) is 2.95. The molecule has 4 aromatic rings. The molecule has 0 saturated carbocycles. The summed E-state index contributed by atoms with van der Waals surface area (Å²) in [5, 5.41) is 3.33. The fourth-order valence-electron chi connectivity index (χ4n) is 4.50. The summed E-state index contributed by atoms with van der Waals surface area (Å²) in [4.78, 5) is 19.8. The average Bonchev–Trinajstić information content (AvgIpc) is 3.24. The van der Waals surface area contributed by atoms with Crippen molar-refractivity contribution in [2.75, 3.05) is 11.9 Å². The lowest BCUT2D eigenvalue weighted by atomic mass is 9.99. The van der Waals surface area contributed by atoms with E-state index in [0.717, 1.165) is 11.1 Å². The number of rotatable bonds is 6. The Morgan fingerprint density at radius 2 is 1.47 bits per heavy atom. The first-order chi connectivity index (χ1) is 17.4. The van der Waals surface area contributed by atoms with Crippen molar-refractivity contribution in [1.29, 1.82) is 0 Å². The van der Waals surface area contributed by atoms with Gasteiger partial charge in [0.2, 0.25) is 5.91 Å². The first-order valence-electron chi connectivity index (χ1n) is 11.8. The molecule has 0 aliphatic carbocycles. The van der Waals surface area contributed by atoms with Crippen molar-refractivity contribution in [3.05, 3.63) is 102 Å². The second kappa shape index (κ2) is 9.89. The number of halogens is 3. The molecule has 36 heavy (non-hydrogen) atoms.